The van der Waals surface area contributed by atoms with Gasteiger partial charge >= 0.3 is 0 Å². The average molecular weight is 323 g/mol. The van der Waals surface area contributed by atoms with Crippen LogP contribution < -0.4 is 4.72 Å². The summed E-state index contributed by atoms with van der Waals surface area (Å²) < 4.78 is 27.9. The molecule has 0 spiro atoms. The maximum absolute atomic E-state index is 12.1. The van der Waals surface area contributed by atoms with Gasteiger partial charge in [-0.3, -0.25) is 4.79 Å². The number of nitrogens with zero attached hydrogens (tertiary/aromatic N) is 2. The molecule has 1 N–H and O–H groups in total. The molecule has 0 aliphatic carbocycles. The summed E-state index contributed by atoms with van der Waals surface area (Å²) in [7, 11) is -1.78. The third-order valence-corrected chi connectivity index (χ3v) is 4.59. The first kappa shape index (κ1) is 16.5. The van der Waals surface area contributed by atoms with Crippen LogP contribution in [0.3, 0.4) is 0 Å². The minimum atomic E-state index is -3.64. The van der Waals surface area contributed by atoms with Crippen molar-refractivity contribution in [3.8, 4) is 0 Å². The topological polar surface area (TPSA) is 81.1 Å². The molecule has 1 aromatic heterocycles. The van der Waals surface area contributed by atoms with Crippen LogP contribution in [0.1, 0.15) is 37.6 Å². The van der Waals surface area contributed by atoms with Crippen LogP contribution in [0, 0.1) is 5.41 Å². The molecule has 120 valence electrons. The van der Waals surface area contributed by atoms with E-state index in [1.54, 1.807) is 24.5 Å². The molecular formula is C15H21N3O3S. The number of hydrogen-bond donors (Lipinski definition) is 1. The Labute approximate surface area is 130 Å². The Hall–Kier alpha value is -1.89. The van der Waals surface area contributed by atoms with Crippen LogP contribution >= 0.6 is 0 Å². The number of hydrogen-bond acceptors (Lipinski definition) is 4. The minimum absolute atomic E-state index is 0.0753. The van der Waals surface area contributed by atoms with Crippen molar-refractivity contribution in [2.45, 2.75) is 27.2 Å². The number of imidazole rings is 1. The van der Waals surface area contributed by atoms with Crippen molar-refractivity contribution >= 4 is 27.0 Å². The molecule has 0 fully saturated rings. The van der Waals surface area contributed by atoms with Crippen molar-refractivity contribution in [3.63, 3.8) is 0 Å². The normalized spacial score (nSPS) is 12.5. The van der Waals surface area contributed by atoms with Crippen LogP contribution in [0.4, 0.5) is 0 Å². The van der Waals surface area contributed by atoms with Gasteiger partial charge in [0.1, 0.15) is 0 Å². The molecule has 6 nitrogen and oxygen atoms in total. The third-order valence-electron chi connectivity index (χ3n) is 3.36. The molecule has 1 amide bonds. The first-order valence-corrected chi connectivity index (χ1v) is 8.68. The number of sulfonamides is 1. The number of fused-ring (bicyclic) bond motifs is 1. The van der Waals surface area contributed by atoms with Gasteiger partial charge < -0.3 is 4.57 Å². The summed E-state index contributed by atoms with van der Waals surface area (Å²) in [5, 5.41) is 0. The number of carbonyl (C=O) groups is 1. The summed E-state index contributed by atoms with van der Waals surface area (Å²) in [6.45, 7) is 5.87. The lowest BCUT2D eigenvalue weighted by molar-refractivity contribution is 0.0981. The molecule has 0 bridgehead atoms. The predicted octanol–water partition coefficient (Wildman–Crippen LogP) is 2.07. The summed E-state index contributed by atoms with van der Waals surface area (Å²) in [6.07, 6.45) is 2.13. The van der Waals surface area contributed by atoms with E-state index in [2.05, 4.69) is 9.71 Å². The fourth-order valence-electron chi connectivity index (χ4n) is 1.97. The smallest absolute Gasteiger partial charge is 0.264 e. The molecule has 0 saturated carbocycles. The maximum atomic E-state index is 12.1. The molecule has 1 heterocycles. The average Bonchev–Trinajstić information content (AvgIpc) is 2.77. The number of amides is 1. The van der Waals surface area contributed by atoms with Crippen molar-refractivity contribution in [2.75, 3.05) is 5.75 Å². The molecule has 0 aliphatic rings. The van der Waals surface area contributed by atoms with E-state index in [-0.39, 0.29) is 16.7 Å². The molecular weight excluding hydrogens is 302 g/mol. The Kier molecular flexibility index (Phi) is 4.28. The summed E-state index contributed by atoms with van der Waals surface area (Å²) in [5.74, 6) is -0.699. The highest BCUT2D eigenvalue weighted by Gasteiger charge is 2.20. The number of carbonyl (C=O) groups excluding carboxylic acids is 1. The number of aryl methyl sites for hydroxylation is 1. The number of aromatic nitrogens is 2. The van der Waals surface area contributed by atoms with Crippen molar-refractivity contribution < 1.29 is 13.2 Å². The molecule has 1 aromatic carbocycles. The van der Waals surface area contributed by atoms with Crippen molar-refractivity contribution in [2.24, 2.45) is 12.5 Å². The Bertz CT molecular complexity index is 801. The summed E-state index contributed by atoms with van der Waals surface area (Å²) in [4.78, 5) is 16.3. The minimum Gasteiger partial charge on any atom is -0.334 e. The van der Waals surface area contributed by atoms with E-state index in [4.69, 9.17) is 0 Å². The van der Waals surface area contributed by atoms with E-state index in [9.17, 15) is 13.2 Å². The second-order valence-electron chi connectivity index (χ2n) is 6.62. The van der Waals surface area contributed by atoms with Gasteiger partial charge in [0.2, 0.25) is 10.0 Å². The Morgan fingerprint density at radius 1 is 1.32 bits per heavy atom. The first-order chi connectivity index (χ1) is 10.1. The Morgan fingerprint density at radius 3 is 2.64 bits per heavy atom. The van der Waals surface area contributed by atoms with E-state index in [1.807, 2.05) is 32.4 Å². The molecule has 0 aliphatic heterocycles. The van der Waals surface area contributed by atoms with Gasteiger partial charge in [0.25, 0.3) is 5.91 Å². The zero-order valence-corrected chi connectivity index (χ0v) is 14.1. The van der Waals surface area contributed by atoms with E-state index in [0.29, 0.717) is 11.9 Å². The predicted molar refractivity (Wildman–Crippen MR) is 86.0 cm³/mol. The Morgan fingerprint density at radius 2 is 2.00 bits per heavy atom. The van der Waals surface area contributed by atoms with E-state index in [1.165, 1.54) is 0 Å². The second-order valence-corrected chi connectivity index (χ2v) is 8.46. The van der Waals surface area contributed by atoms with Gasteiger partial charge in [0.15, 0.2) is 0 Å². The highest BCUT2D eigenvalue weighted by Crippen LogP contribution is 2.19. The van der Waals surface area contributed by atoms with Crippen molar-refractivity contribution in [1.29, 1.82) is 0 Å². The van der Waals surface area contributed by atoms with Crippen LogP contribution in [-0.2, 0) is 17.1 Å². The summed E-state index contributed by atoms with van der Waals surface area (Å²) in [5.41, 5.74) is 1.71. The highest BCUT2D eigenvalue weighted by molar-refractivity contribution is 7.90. The largest absolute Gasteiger partial charge is 0.334 e. The highest BCUT2D eigenvalue weighted by atomic mass is 32.2. The standard InChI is InChI=1S/C15H21N3O3S/c1-15(2,3)7-8-22(20,21)17-14(19)11-5-6-13-12(9-11)16-10-18(13)4/h5-6,9-10H,7-8H2,1-4H3,(H,17,19). The SMILES string of the molecule is Cn1cnc2cc(C(=O)NS(=O)(=O)CCC(C)(C)C)ccc21. The fourth-order valence-corrected chi connectivity index (χ4v) is 3.35. The van der Waals surface area contributed by atoms with E-state index < -0.39 is 15.9 Å². The molecule has 22 heavy (non-hydrogen) atoms. The quantitative estimate of drug-likeness (QED) is 0.934. The summed E-state index contributed by atoms with van der Waals surface area (Å²) in [6, 6.07) is 4.93. The monoisotopic (exact) mass is 323 g/mol. The lowest BCUT2D eigenvalue weighted by atomic mass is 9.94. The van der Waals surface area contributed by atoms with Crippen LogP contribution in [-0.4, -0.2) is 29.6 Å². The zero-order valence-electron chi connectivity index (χ0n) is 13.3. The van der Waals surface area contributed by atoms with Crippen molar-refractivity contribution in [1.82, 2.24) is 14.3 Å². The number of benzene rings is 1. The molecule has 7 heteroatoms. The number of nitrogens with one attached hydrogen (secondary N) is 1. The van der Waals surface area contributed by atoms with Crippen molar-refractivity contribution in [3.05, 3.63) is 30.1 Å². The van der Waals surface area contributed by atoms with Gasteiger partial charge in [0.05, 0.1) is 23.1 Å². The fraction of sp³-hybridized carbons (Fsp3) is 0.467. The zero-order chi connectivity index (χ0) is 16.5. The lowest BCUT2D eigenvalue weighted by Gasteiger charge is -2.17. The lowest BCUT2D eigenvalue weighted by Crippen LogP contribution is -2.33. The number of rotatable bonds is 4. The first-order valence-electron chi connectivity index (χ1n) is 7.03. The maximum Gasteiger partial charge on any atom is 0.264 e. The van der Waals surface area contributed by atoms with Gasteiger partial charge in [-0.25, -0.2) is 18.1 Å². The van der Waals surface area contributed by atoms with Gasteiger partial charge in [-0.15, -0.1) is 0 Å². The van der Waals surface area contributed by atoms with Crippen LogP contribution in [0.15, 0.2) is 24.5 Å². The van der Waals surface area contributed by atoms with Gasteiger partial charge in [-0.05, 0) is 30.0 Å². The summed E-state index contributed by atoms with van der Waals surface area (Å²) >= 11 is 0. The molecule has 0 atom stereocenters. The molecule has 0 radical (unpaired) electrons. The van der Waals surface area contributed by atoms with Gasteiger partial charge in [-0.2, -0.15) is 0 Å². The molecule has 2 rings (SSSR count). The van der Waals surface area contributed by atoms with Gasteiger partial charge in [-0.1, -0.05) is 20.8 Å². The third kappa shape index (κ3) is 4.07. The van der Waals surface area contributed by atoms with Gasteiger partial charge in [0, 0.05) is 12.6 Å². The van der Waals surface area contributed by atoms with E-state index in [0.717, 1.165) is 5.52 Å². The van der Waals surface area contributed by atoms with Crippen LogP contribution in [0.5, 0.6) is 0 Å². The van der Waals surface area contributed by atoms with Crippen LogP contribution in [0.2, 0.25) is 0 Å². The van der Waals surface area contributed by atoms with E-state index >= 15 is 0 Å². The van der Waals surface area contributed by atoms with Crippen LogP contribution in [0.25, 0.3) is 11.0 Å². The Balaban J connectivity index is 2.13. The molecule has 2 aromatic rings. The molecule has 0 unspecified atom stereocenters. The molecule has 0 saturated heterocycles. The second kappa shape index (κ2) is 5.72.